The monoisotopic (exact) mass is 315 g/mol. The van der Waals surface area contributed by atoms with Crippen LogP contribution in [-0.2, 0) is 16.0 Å². The summed E-state index contributed by atoms with van der Waals surface area (Å²) in [6.07, 6.45) is 0.315. The van der Waals surface area contributed by atoms with Crippen LogP contribution >= 0.6 is 0 Å². The topological polar surface area (TPSA) is 69.7 Å². The van der Waals surface area contributed by atoms with Crippen molar-refractivity contribution in [3.63, 3.8) is 0 Å². The first-order chi connectivity index (χ1) is 10.8. The Morgan fingerprint density at radius 1 is 1.22 bits per heavy atom. The van der Waals surface area contributed by atoms with Crippen LogP contribution in [0.3, 0.4) is 0 Å². The van der Waals surface area contributed by atoms with Gasteiger partial charge < -0.3 is 4.90 Å². The minimum atomic E-state index is -1.24. The second kappa shape index (κ2) is 5.08. The highest BCUT2D eigenvalue weighted by Crippen LogP contribution is 2.39. The Labute approximate surface area is 135 Å². The molecule has 0 aromatic heterocycles. The molecule has 1 saturated heterocycles. The standard InChI is InChI=1S/C17H21N3O3/c1-10(2)20-15(22)17(14(21)18-16(20)23)8-12-7-11(3)5-6-13(12)19(4)9-17/h5-7,10H,8-9H2,1-4H3,(H,18,21,23)/t17-/m0/s1. The highest BCUT2D eigenvalue weighted by atomic mass is 16.2. The van der Waals surface area contributed by atoms with E-state index in [0.717, 1.165) is 21.7 Å². The predicted molar refractivity (Wildman–Crippen MR) is 86.1 cm³/mol. The van der Waals surface area contributed by atoms with E-state index in [0.29, 0.717) is 6.42 Å². The smallest absolute Gasteiger partial charge is 0.331 e. The van der Waals surface area contributed by atoms with Gasteiger partial charge in [-0.25, -0.2) is 4.79 Å². The van der Waals surface area contributed by atoms with Crippen LogP contribution in [0, 0.1) is 12.3 Å². The number of imide groups is 2. The van der Waals surface area contributed by atoms with Crippen molar-refractivity contribution in [2.75, 3.05) is 18.5 Å². The fraction of sp³-hybridized carbons (Fsp3) is 0.471. The minimum Gasteiger partial charge on any atom is -0.373 e. The third kappa shape index (κ3) is 2.20. The maximum absolute atomic E-state index is 13.0. The summed E-state index contributed by atoms with van der Waals surface area (Å²) in [5.41, 5.74) is 1.82. The van der Waals surface area contributed by atoms with E-state index in [2.05, 4.69) is 5.32 Å². The Morgan fingerprint density at radius 2 is 1.91 bits per heavy atom. The molecule has 1 atom stereocenters. The van der Waals surface area contributed by atoms with Crippen LogP contribution in [-0.4, -0.2) is 42.4 Å². The third-order valence-electron chi connectivity index (χ3n) is 4.66. The molecule has 2 aliphatic heterocycles. The number of rotatable bonds is 1. The van der Waals surface area contributed by atoms with Crippen molar-refractivity contribution in [1.82, 2.24) is 10.2 Å². The average Bonchev–Trinajstić information content (AvgIpc) is 2.44. The molecule has 1 N–H and O–H groups in total. The highest BCUT2D eigenvalue weighted by Gasteiger charge is 2.56. The Morgan fingerprint density at radius 3 is 2.57 bits per heavy atom. The number of hydrogen-bond acceptors (Lipinski definition) is 4. The summed E-state index contributed by atoms with van der Waals surface area (Å²) in [5.74, 6) is -0.899. The van der Waals surface area contributed by atoms with Crippen molar-refractivity contribution in [3.05, 3.63) is 29.3 Å². The third-order valence-corrected chi connectivity index (χ3v) is 4.66. The zero-order chi connectivity index (χ0) is 16.9. The molecule has 1 fully saturated rings. The van der Waals surface area contributed by atoms with Crippen LogP contribution in [0.5, 0.6) is 0 Å². The molecule has 4 amide bonds. The fourth-order valence-corrected chi connectivity index (χ4v) is 3.56. The second-order valence-corrected chi connectivity index (χ2v) is 6.78. The molecule has 3 rings (SSSR count). The van der Waals surface area contributed by atoms with Gasteiger partial charge in [0.1, 0.15) is 5.41 Å². The van der Waals surface area contributed by atoms with E-state index < -0.39 is 23.3 Å². The maximum Gasteiger partial charge on any atom is 0.331 e. The molecule has 0 saturated carbocycles. The number of anilines is 1. The summed E-state index contributed by atoms with van der Waals surface area (Å²) in [6, 6.07) is 5.10. The molecule has 1 aromatic carbocycles. The van der Waals surface area contributed by atoms with Gasteiger partial charge >= 0.3 is 6.03 Å². The highest BCUT2D eigenvalue weighted by molar-refractivity contribution is 6.20. The molecular weight excluding hydrogens is 294 g/mol. The summed E-state index contributed by atoms with van der Waals surface area (Å²) >= 11 is 0. The Bertz CT molecular complexity index is 713. The molecule has 0 unspecified atom stereocenters. The number of nitrogens with one attached hydrogen (secondary N) is 1. The van der Waals surface area contributed by atoms with Crippen LogP contribution in [0.15, 0.2) is 18.2 Å². The zero-order valence-corrected chi connectivity index (χ0v) is 13.8. The van der Waals surface area contributed by atoms with Crippen LogP contribution < -0.4 is 10.2 Å². The second-order valence-electron chi connectivity index (χ2n) is 6.78. The lowest BCUT2D eigenvalue weighted by molar-refractivity contribution is -0.152. The summed E-state index contributed by atoms with van der Waals surface area (Å²) < 4.78 is 0. The maximum atomic E-state index is 13.0. The largest absolute Gasteiger partial charge is 0.373 e. The van der Waals surface area contributed by atoms with Gasteiger partial charge in [0.05, 0.1) is 0 Å². The SMILES string of the molecule is Cc1ccc2c(c1)C[C@]1(CN2C)C(=O)NC(=O)N(C(C)C)C1=O. The van der Waals surface area contributed by atoms with E-state index in [1.807, 2.05) is 37.1 Å². The van der Waals surface area contributed by atoms with E-state index >= 15 is 0 Å². The van der Waals surface area contributed by atoms with Gasteiger partial charge in [-0.05, 0) is 38.8 Å². The number of nitrogens with zero attached hydrogens (tertiary/aromatic N) is 2. The zero-order valence-electron chi connectivity index (χ0n) is 13.8. The molecule has 1 aromatic rings. The first-order valence-electron chi connectivity index (χ1n) is 7.76. The first-order valence-corrected chi connectivity index (χ1v) is 7.76. The molecule has 6 nitrogen and oxygen atoms in total. The number of urea groups is 1. The number of hydrogen-bond donors (Lipinski definition) is 1. The van der Waals surface area contributed by atoms with Crippen molar-refractivity contribution >= 4 is 23.5 Å². The number of amides is 4. The molecule has 0 bridgehead atoms. The van der Waals surface area contributed by atoms with Crippen molar-refractivity contribution in [1.29, 1.82) is 0 Å². The molecule has 2 aliphatic rings. The number of benzene rings is 1. The van der Waals surface area contributed by atoms with Crippen LogP contribution in [0.4, 0.5) is 10.5 Å². The number of barbiturate groups is 1. The lowest BCUT2D eigenvalue weighted by Gasteiger charge is -2.46. The molecule has 6 heteroatoms. The van der Waals surface area contributed by atoms with Crippen molar-refractivity contribution in [2.24, 2.45) is 5.41 Å². The molecule has 122 valence electrons. The molecule has 0 radical (unpaired) electrons. The van der Waals surface area contributed by atoms with Gasteiger partial charge in [0.2, 0.25) is 11.8 Å². The van der Waals surface area contributed by atoms with Crippen molar-refractivity contribution in [3.8, 4) is 0 Å². The molecule has 23 heavy (non-hydrogen) atoms. The van der Waals surface area contributed by atoms with E-state index in [4.69, 9.17) is 0 Å². The Hall–Kier alpha value is -2.37. The van der Waals surface area contributed by atoms with E-state index in [9.17, 15) is 14.4 Å². The Balaban J connectivity index is 2.09. The van der Waals surface area contributed by atoms with Gasteiger partial charge in [0.15, 0.2) is 0 Å². The first kappa shape index (κ1) is 15.5. The van der Waals surface area contributed by atoms with Crippen LogP contribution in [0.1, 0.15) is 25.0 Å². The average molecular weight is 315 g/mol. The normalized spacial score (nSPS) is 24.3. The van der Waals surface area contributed by atoms with E-state index in [-0.39, 0.29) is 12.6 Å². The van der Waals surface area contributed by atoms with E-state index in [1.54, 1.807) is 13.8 Å². The van der Waals surface area contributed by atoms with Gasteiger partial charge in [-0.2, -0.15) is 0 Å². The van der Waals surface area contributed by atoms with Crippen molar-refractivity contribution < 1.29 is 14.4 Å². The molecular formula is C17H21N3O3. The summed E-state index contributed by atoms with van der Waals surface area (Å²) in [7, 11) is 1.87. The summed E-state index contributed by atoms with van der Waals surface area (Å²) in [4.78, 5) is 40.7. The Kier molecular flexibility index (Phi) is 3.43. The van der Waals surface area contributed by atoms with Crippen molar-refractivity contribution in [2.45, 2.75) is 33.2 Å². The quantitative estimate of drug-likeness (QED) is 0.797. The summed E-state index contributed by atoms with van der Waals surface area (Å²) in [6.45, 7) is 5.79. The van der Waals surface area contributed by atoms with Gasteiger partial charge in [-0.1, -0.05) is 17.7 Å². The lowest BCUT2D eigenvalue weighted by Crippen LogP contribution is -2.69. The minimum absolute atomic E-state index is 0.268. The van der Waals surface area contributed by atoms with Gasteiger partial charge in [-0.3, -0.25) is 19.8 Å². The summed E-state index contributed by atoms with van der Waals surface area (Å²) in [5, 5.41) is 2.37. The predicted octanol–water partition coefficient (Wildman–Crippen LogP) is 1.46. The molecule has 0 aliphatic carbocycles. The molecule has 1 spiro atoms. The fourth-order valence-electron chi connectivity index (χ4n) is 3.56. The van der Waals surface area contributed by atoms with Crippen LogP contribution in [0.25, 0.3) is 0 Å². The van der Waals surface area contributed by atoms with Gasteiger partial charge in [0, 0.05) is 25.3 Å². The van der Waals surface area contributed by atoms with Gasteiger partial charge in [0.25, 0.3) is 0 Å². The number of fused-ring (bicyclic) bond motifs is 1. The molecule has 2 heterocycles. The van der Waals surface area contributed by atoms with Gasteiger partial charge in [-0.15, -0.1) is 0 Å². The lowest BCUT2D eigenvalue weighted by atomic mass is 9.74. The number of aryl methyl sites for hydroxylation is 1. The van der Waals surface area contributed by atoms with Crippen LogP contribution in [0.2, 0.25) is 0 Å². The number of carbonyl (C=O) groups is 3. The number of carbonyl (C=O) groups excluding carboxylic acids is 3. The van der Waals surface area contributed by atoms with E-state index in [1.165, 1.54) is 0 Å².